The van der Waals surface area contributed by atoms with E-state index in [2.05, 4.69) is 0 Å². The van der Waals surface area contributed by atoms with Gasteiger partial charge in [-0.15, -0.1) is 0 Å². The molecule has 1 fully saturated rings. The summed E-state index contributed by atoms with van der Waals surface area (Å²) in [4.78, 5) is 10.9. The first-order valence-corrected chi connectivity index (χ1v) is 5.98. The van der Waals surface area contributed by atoms with Crippen LogP contribution in [0.2, 0.25) is 0 Å². The number of rotatable bonds is 5. The Hall–Kier alpha value is -1.51. The molecule has 3 nitrogen and oxygen atoms in total. The topological polar surface area (TPSA) is 46.5 Å². The summed E-state index contributed by atoms with van der Waals surface area (Å²) in [7, 11) is 1.64. The Morgan fingerprint density at radius 3 is 2.76 bits per heavy atom. The van der Waals surface area contributed by atoms with Crippen LogP contribution in [0.1, 0.15) is 36.3 Å². The van der Waals surface area contributed by atoms with E-state index in [9.17, 15) is 4.79 Å². The fraction of sp³-hybridized carbons (Fsp3) is 0.500. The molecule has 0 spiro atoms. The van der Waals surface area contributed by atoms with E-state index < -0.39 is 5.97 Å². The smallest absolute Gasteiger partial charge is 0.303 e. The summed E-state index contributed by atoms with van der Waals surface area (Å²) in [6, 6.07) is 6.02. The molecule has 2 rings (SSSR count). The van der Waals surface area contributed by atoms with Gasteiger partial charge in [-0.2, -0.15) is 0 Å². The lowest BCUT2D eigenvalue weighted by Gasteiger charge is -2.18. The predicted molar refractivity (Wildman–Crippen MR) is 65.4 cm³/mol. The van der Waals surface area contributed by atoms with Crippen LogP contribution in [-0.4, -0.2) is 18.2 Å². The van der Waals surface area contributed by atoms with Gasteiger partial charge in [0.25, 0.3) is 0 Å². The number of hydrogen-bond acceptors (Lipinski definition) is 2. The molecule has 3 heteroatoms. The molecular formula is C14H18O3. The molecule has 17 heavy (non-hydrogen) atoms. The van der Waals surface area contributed by atoms with Crippen molar-refractivity contribution in [3.05, 3.63) is 29.3 Å². The molecule has 1 saturated carbocycles. The van der Waals surface area contributed by atoms with E-state index in [0.29, 0.717) is 5.92 Å². The van der Waals surface area contributed by atoms with Crippen molar-refractivity contribution in [3.63, 3.8) is 0 Å². The molecular weight excluding hydrogens is 216 g/mol. The zero-order chi connectivity index (χ0) is 12.4. The van der Waals surface area contributed by atoms with Crippen LogP contribution in [0.3, 0.4) is 0 Å². The van der Waals surface area contributed by atoms with E-state index >= 15 is 0 Å². The fourth-order valence-electron chi connectivity index (χ4n) is 2.34. The summed E-state index contributed by atoms with van der Waals surface area (Å²) in [6.45, 7) is 2.01. The fourth-order valence-corrected chi connectivity index (χ4v) is 2.34. The molecule has 0 aromatic heterocycles. The Balaban J connectivity index is 2.31. The second-order valence-corrected chi connectivity index (χ2v) is 4.79. The Labute approximate surface area is 101 Å². The summed E-state index contributed by atoms with van der Waals surface area (Å²) in [5.74, 6) is 0.707. The maximum Gasteiger partial charge on any atom is 0.303 e. The molecule has 0 heterocycles. The summed E-state index contributed by atoms with van der Waals surface area (Å²) in [5.41, 5.74) is 2.18. The van der Waals surface area contributed by atoms with Crippen molar-refractivity contribution >= 4 is 5.97 Å². The van der Waals surface area contributed by atoms with Crippen LogP contribution in [0.15, 0.2) is 18.2 Å². The van der Waals surface area contributed by atoms with Gasteiger partial charge in [0.05, 0.1) is 13.5 Å². The Bertz CT molecular complexity index is 421. The third-order valence-electron chi connectivity index (χ3n) is 3.37. The Morgan fingerprint density at radius 2 is 2.24 bits per heavy atom. The zero-order valence-corrected chi connectivity index (χ0v) is 10.3. The predicted octanol–water partition coefficient (Wildman–Crippen LogP) is 2.97. The maximum atomic E-state index is 10.9. The van der Waals surface area contributed by atoms with E-state index in [4.69, 9.17) is 9.84 Å². The summed E-state index contributed by atoms with van der Waals surface area (Å²) >= 11 is 0. The standard InChI is InChI=1S/C14H18O3/c1-9-3-6-11(13(7-9)17-2)12(8-14(15)16)10-4-5-10/h3,6-7,10,12H,4-5,8H2,1-2H3,(H,15,16). The number of carboxylic acid groups (broad SMARTS) is 1. The average molecular weight is 234 g/mol. The number of methoxy groups -OCH3 is 1. The van der Waals surface area contributed by atoms with Gasteiger partial charge in [0.15, 0.2) is 0 Å². The Kier molecular flexibility index (Phi) is 3.36. The molecule has 1 unspecified atom stereocenters. The van der Waals surface area contributed by atoms with E-state index in [1.165, 1.54) is 0 Å². The van der Waals surface area contributed by atoms with Crippen molar-refractivity contribution < 1.29 is 14.6 Å². The van der Waals surface area contributed by atoms with Crippen molar-refractivity contribution in [2.75, 3.05) is 7.11 Å². The largest absolute Gasteiger partial charge is 0.496 e. The van der Waals surface area contributed by atoms with Crippen molar-refractivity contribution in [2.45, 2.75) is 32.1 Å². The number of carbonyl (C=O) groups is 1. The van der Waals surface area contributed by atoms with Crippen molar-refractivity contribution in [1.29, 1.82) is 0 Å². The minimum absolute atomic E-state index is 0.100. The second-order valence-electron chi connectivity index (χ2n) is 4.79. The first kappa shape index (κ1) is 12.0. The van der Waals surface area contributed by atoms with E-state index in [-0.39, 0.29) is 12.3 Å². The van der Waals surface area contributed by atoms with Crippen molar-refractivity contribution in [2.24, 2.45) is 5.92 Å². The van der Waals surface area contributed by atoms with E-state index in [1.54, 1.807) is 7.11 Å². The van der Waals surface area contributed by atoms with Crippen LogP contribution >= 0.6 is 0 Å². The molecule has 0 aliphatic heterocycles. The summed E-state index contributed by atoms with van der Waals surface area (Å²) in [5, 5.41) is 9.00. The third kappa shape index (κ3) is 2.78. The molecule has 1 N–H and O–H groups in total. The molecule has 1 aliphatic carbocycles. The van der Waals surface area contributed by atoms with E-state index in [0.717, 1.165) is 29.7 Å². The SMILES string of the molecule is COc1cc(C)ccc1C(CC(=O)O)C1CC1. The number of hydrogen-bond donors (Lipinski definition) is 1. The number of aliphatic carboxylic acids is 1. The highest BCUT2D eigenvalue weighted by molar-refractivity contribution is 5.68. The molecule has 1 aliphatic rings. The van der Waals surface area contributed by atoms with Crippen molar-refractivity contribution in [1.82, 2.24) is 0 Å². The third-order valence-corrected chi connectivity index (χ3v) is 3.37. The van der Waals surface area contributed by atoms with Gasteiger partial charge in [0, 0.05) is 5.92 Å². The molecule has 0 bridgehead atoms. The molecule has 1 aromatic carbocycles. The lowest BCUT2D eigenvalue weighted by atomic mass is 9.89. The monoisotopic (exact) mass is 234 g/mol. The zero-order valence-electron chi connectivity index (χ0n) is 10.3. The maximum absolute atomic E-state index is 10.9. The van der Waals surface area contributed by atoms with Gasteiger partial charge in [-0.3, -0.25) is 4.79 Å². The molecule has 1 aromatic rings. The molecule has 0 radical (unpaired) electrons. The van der Waals surface area contributed by atoms with Gasteiger partial charge in [-0.1, -0.05) is 12.1 Å². The summed E-state index contributed by atoms with van der Waals surface area (Å²) in [6.07, 6.45) is 2.47. The van der Waals surface area contributed by atoms with E-state index in [1.807, 2.05) is 25.1 Å². The highest BCUT2D eigenvalue weighted by atomic mass is 16.5. The number of ether oxygens (including phenoxy) is 1. The quantitative estimate of drug-likeness (QED) is 0.852. The van der Waals surface area contributed by atoms with Crippen molar-refractivity contribution in [3.8, 4) is 5.75 Å². The first-order valence-electron chi connectivity index (χ1n) is 5.98. The molecule has 0 amide bonds. The minimum atomic E-state index is -0.732. The van der Waals surface area contributed by atoms with Crippen LogP contribution in [0.4, 0.5) is 0 Å². The van der Waals surface area contributed by atoms with Gasteiger partial charge in [0.2, 0.25) is 0 Å². The van der Waals surface area contributed by atoms with Crippen LogP contribution in [-0.2, 0) is 4.79 Å². The lowest BCUT2D eigenvalue weighted by Crippen LogP contribution is -2.09. The normalized spacial score (nSPS) is 16.6. The first-order chi connectivity index (χ1) is 8.11. The Morgan fingerprint density at radius 1 is 1.53 bits per heavy atom. The highest BCUT2D eigenvalue weighted by Gasteiger charge is 2.35. The van der Waals surface area contributed by atoms with Crippen LogP contribution in [0.5, 0.6) is 5.75 Å². The number of aryl methyl sites for hydroxylation is 1. The molecule has 1 atom stereocenters. The van der Waals surface area contributed by atoms with Gasteiger partial charge >= 0.3 is 5.97 Å². The number of carboxylic acids is 1. The average Bonchev–Trinajstić information content (AvgIpc) is 3.09. The van der Waals surface area contributed by atoms with Crippen LogP contribution in [0.25, 0.3) is 0 Å². The minimum Gasteiger partial charge on any atom is -0.496 e. The highest BCUT2D eigenvalue weighted by Crippen LogP contribution is 2.47. The molecule has 0 saturated heterocycles. The summed E-state index contributed by atoms with van der Waals surface area (Å²) < 4.78 is 5.37. The van der Waals surface area contributed by atoms with Gasteiger partial charge in [-0.05, 0) is 42.9 Å². The molecule has 92 valence electrons. The van der Waals surface area contributed by atoms with Crippen LogP contribution in [0, 0.1) is 12.8 Å². The van der Waals surface area contributed by atoms with Crippen LogP contribution < -0.4 is 4.74 Å². The number of benzene rings is 1. The van der Waals surface area contributed by atoms with Gasteiger partial charge < -0.3 is 9.84 Å². The van der Waals surface area contributed by atoms with Gasteiger partial charge in [0.1, 0.15) is 5.75 Å². The lowest BCUT2D eigenvalue weighted by molar-refractivity contribution is -0.137. The second kappa shape index (κ2) is 4.78. The van der Waals surface area contributed by atoms with Gasteiger partial charge in [-0.25, -0.2) is 0 Å².